The SMILES string of the molecule is O=[N+]([O-])c1ccc(CS(=O)(=O)NC(Cc2ccccc2)C2C=C(Cc3ccccc3)NO2)cc1. The molecule has 0 amide bonds. The van der Waals surface area contributed by atoms with Crippen LogP contribution in [-0.2, 0) is 33.5 Å². The van der Waals surface area contributed by atoms with Gasteiger partial charge >= 0.3 is 0 Å². The number of hydrogen-bond acceptors (Lipinski definition) is 6. The van der Waals surface area contributed by atoms with E-state index in [-0.39, 0.29) is 11.4 Å². The van der Waals surface area contributed by atoms with E-state index in [0.717, 1.165) is 16.8 Å². The first kappa shape index (κ1) is 23.6. The van der Waals surface area contributed by atoms with Gasteiger partial charge in [-0.3, -0.25) is 20.4 Å². The predicted octanol–water partition coefficient (Wildman–Crippen LogP) is 3.66. The highest BCUT2D eigenvalue weighted by molar-refractivity contribution is 7.88. The molecule has 2 atom stereocenters. The third-order valence-electron chi connectivity index (χ3n) is 5.46. The molecule has 0 bridgehead atoms. The molecule has 0 radical (unpaired) electrons. The number of benzene rings is 3. The zero-order chi connectivity index (χ0) is 24.0. The van der Waals surface area contributed by atoms with Crippen molar-refractivity contribution < 1.29 is 18.2 Å². The summed E-state index contributed by atoms with van der Waals surface area (Å²) in [4.78, 5) is 16.1. The van der Waals surface area contributed by atoms with Crippen LogP contribution in [0, 0.1) is 10.1 Å². The summed E-state index contributed by atoms with van der Waals surface area (Å²) in [5.41, 5.74) is 6.26. The average molecular weight is 480 g/mol. The molecule has 2 unspecified atom stereocenters. The average Bonchev–Trinajstić information content (AvgIpc) is 3.28. The summed E-state index contributed by atoms with van der Waals surface area (Å²) < 4.78 is 28.8. The molecular formula is C25H25N3O5S. The minimum atomic E-state index is -3.76. The highest BCUT2D eigenvalue weighted by Crippen LogP contribution is 2.20. The summed E-state index contributed by atoms with van der Waals surface area (Å²) in [6.45, 7) is 0. The van der Waals surface area contributed by atoms with Crippen molar-refractivity contribution in [3.05, 3.63) is 124 Å². The van der Waals surface area contributed by atoms with Crippen molar-refractivity contribution in [2.75, 3.05) is 0 Å². The summed E-state index contributed by atoms with van der Waals surface area (Å²) in [5, 5.41) is 10.9. The third kappa shape index (κ3) is 6.50. The van der Waals surface area contributed by atoms with Crippen LogP contribution in [0.5, 0.6) is 0 Å². The van der Waals surface area contributed by atoms with Crippen LogP contribution < -0.4 is 10.2 Å². The van der Waals surface area contributed by atoms with Crippen LogP contribution in [0.1, 0.15) is 16.7 Å². The molecule has 1 aliphatic rings. The van der Waals surface area contributed by atoms with Gasteiger partial charge < -0.3 is 0 Å². The number of nitrogens with one attached hydrogen (secondary N) is 2. The molecule has 3 aromatic rings. The van der Waals surface area contributed by atoms with Crippen LogP contribution in [0.2, 0.25) is 0 Å². The van der Waals surface area contributed by atoms with Gasteiger partial charge in [0, 0.05) is 24.3 Å². The summed E-state index contributed by atoms with van der Waals surface area (Å²) >= 11 is 0. The lowest BCUT2D eigenvalue weighted by Gasteiger charge is -2.23. The first-order valence-electron chi connectivity index (χ1n) is 10.8. The van der Waals surface area contributed by atoms with Crippen LogP contribution in [-0.4, -0.2) is 25.5 Å². The van der Waals surface area contributed by atoms with Gasteiger partial charge in [0.1, 0.15) is 6.10 Å². The molecule has 0 aromatic heterocycles. The lowest BCUT2D eigenvalue weighted by molar-refractivity contribution is -0.384. The van der Waals surface area contributed by atoms with Gasteiger partial charge in [-0.2, -0.15) is 0 Å². The Morgan fingerprint density at radius 2 is 1.53 bits per heavy atom. The fourth-order valence-electron chi connectivity index (χ4n) is 3.82. The van der Waals surface area contributed by atoms with Crippen molar-refractivity contribution in [3.8, 4) is 0 Å². The quantitative estimate of drug-likeness (QED) is 0.339. The first-order chi connectivity index (χ1) is 16.4. The van der Waals surface area contributed by atoms with Crippen molar-refractivity contribution in [1.82, 2.24) is 10.2 Å². The number of hydroxylamine groups is 1. The lowest BCUT2D eigenvalue weighted by Crippen LogP contribution is -2.45. The number of allylic oxidation sites excluding steroid dienone is 1. The second kappa shape index (κ2) is 10.6. The number of hydrogen-bond donors (Lipinski definition) is 2. The molecular weight excluding hydrogens is 454 g/mol. The van der Waals surface area contributed by atoms with Crippen LogP contribution in [0.3, 0.4) is 0 Å². The predicted molar refractivity (Wildman–Crippen MR) is 129 cm³/mol. The van der Waals surface area contributed by atoms with E-state index >= 15 is 0 Å². The maximum atomic E-state index is 13.0. The fourth-order valence-corrected chi connectivity index (χ4v) is 5.21. The molecule has 1 aliphatic heterocycles. The number of nitrogens with zero attached hydrogens (tertiary/aromatic N) is 1. The molecule has 1 heterocycles. The smallest absolute Gasteiger partial charge is 0.269 e. The molecule has 34 heavy (non-hydrogen) atoms. The topological polar surface area (TPSA) is 111 Å². The zero-order valence-electron chi connectivity index (χ0n) is 18.3. The van der Waals surface area contributed by atoms with Crippen molar-refractivity contribution >= 4 is 15.7 Å². The van der Waals surface area contributed by atoms with Crippen LogP contribution in [0.15, 0.2) is 96.7 Å². The van der Waals surface area contributed by atoms with E-state index in [1.165, 1.54) is 24.3 Å². The highest BCUT2D eigenvalue weighted by Gasteiger charge is 2.30. The molecule has 176 valence electrons. The lowest BCUT2D eigenvalue weighted by atomic mass is 10.0. The van der Waals surface area contributed by atoms with E-state index in [1.54, 1.807) is 0 Å². The molecule has 9 heteroatoms. The number of nitro groups is 1. The summed E-state index contributed by atoms with van der Waals surface area (Å²) in [6, 6.07) is 24.5. The van der Waals surface area contributed by atoms with Gasteiger partial charge in [0.25, 0.3) is 5.69 Å². The molecule has 3 aromatic carbocycles. The van der Waals surface area contributed by atoms with Crippen molar-refractivity contribution in [3.63, 3.8) is 0 Å². The second-order valence-corrected chi connectivity index (χ2v) is 9.89. The largest absolute Gasteiger partial charge is 0.270 e. The fraction of sp³-hybridized carbons (Fsp3) is 0.200. The molecule has 0 fully saturated rings. The van der Waals surface area contributed by atoms with Crippen LogP contribution in [0.4, 0.5) is 5.69 Å². The number of nitro benzene ring substituents is 1. The Kier molecular flexibility index (Phi) is 7.36. The van der Waals surface area contributed by atoms with Gasteiger partial charge in [-0.25, -0.2) is 13.1 Å². The highest BCUT2D eigenvalue weighted by atomic mass is 32.2. The van der Waals surface area contributed by atoms with Gasteiger partial charge in [-0.1, -0.05) is 72.8 Å². The van der Waals surface area contributed by atoms with Crippen molar-refractivity contribution in [2.45, 2.75) is 30.7 Å². The Morgan fingerprint density at radius 1 is 0.912 bits per heavy atom. The van der Waals surface area contributed by atoms with E-state index in [4.69, 9.17) is 4.84 Å². The Hall–Kier alpha value is -3.53. The molecule has 4 rings (SSSR count). The van der Waals surface area contributed by atoms with Crippen molar-refractivity contribution in [2.24, 2.45) is 0 Å². The van der Waals surface area contributed by atoms with Gasteiger partial charge in [0.2, 0.25) is 10.0 Å². The molecule has 0 saturated carbocycles. The number of non-ortho nitro benzene ring substituents is 1. The standard InChI is InChI=1S/C25H25N3O5S/c29-28(30)23-13-11-21(12-14-23)18-34(31,32)27-24(16-20-9-5-2-6-10-20)25-17-22(26-33-25)15-19-7-3-1-4-8-19/h1-14,17,24-27H,15-16,18H2. The Balaban J connectivity index is 1.50. The molecule has 8 nitrogen and oxygen atoms in total. The Bertz CT molecular complexity index is 1250. The minimum Gasteiger partial charge on any atom is -0.270 e. The van der Waals surface area contributed by atoms with Gasteiger partial charge in [-0.15, -0.1) is 0 Å². The Labute approximate surface area is 198 Å². The molecule has 2 N–H and O–H groups in total. The Morgan fingerprint density at radius 3 is 2.15 bits per heavy atom. The van der Waals surface area contributed by atoms with Gasteiger partial charge in [-0.05, 0) is 29.2 Å². The van der Waals surface area contributed by atoms with E-state index in [9.17, 15) is 18.5 Å². The van der Waals surface area contributed by atoms with E-state index in [1.807, 2.05) is 66.7 Å². The van der Waals surface area contributed by atoms with Gasteiger partial charge in [0.15, 0.2) is 0 Å². The normalized spacial score (nSPS) is 16.5. The minimum absolute atomic E-state index is 0.0856. The molecule has 0 saturated heterocycles. The molecule has 0 spiro atoms. The monoisotopic (exact) mass is 479 g/mol. The van der Waals surface area contributed by atoms with E-state index < -0.39 is 27.1 Å². The van der Waals surface area contributed by atoms with E-state index in [0.29, 0.717) is 18.4 Å². The maximum Gasteiger partial charge on any atom is 0.269 e. The number of rotatable bonds is 10. The third-order valence-corrected chi connectivity index (χ3v) is 6.83. The van der Waals surface area contributed by atoms with Crippen LogP contribution >= 0.6 is 0 Å². The maximum absolute atomic E-state index is 13.0. The summed E-state index contributed by atoms with van der Waals surface area (Å²) in [7, 11) is -3.76. The molecule has 0 aliphatic carbocycles. The van der Waals surface area contributed by atoms with Crippen LogP contribution in [0.25, 0.3) is 0 Å². The first-order valence-corrected chi connectivity index (χ1v) is 12.5. The summed E-state index contributed by atoms with van der Waals surface area (Å²) in [5.74, 6) is -0.295. The van der Waals surface area contributed by atoms with E-state index in [2.05, 4.69) is 10.2 Å². The second-order valence-electron chi connectivity index (χ2n) is 8.14. The van der Waals surface area contributed by atoms with Gasteiger partial charge in [0.05, 0.1) is 16.7 Å². The number of sulfonamides is 1. The zero-order valence-corrected chi connectivity index (χ0v) is 19.1. The van der Waals surface area contributed by atoms with Crippen molar-refractivity contribution in [1.29, 1.82) is 0 Å². The summed E-state index contributed by atoms with van der Waals surface area (Å²) in [6.07, 6.45) is 2.48.